The fraction of sp³-hybridized carbons (Fsp3) is 0.533. The monoisotopic (exact) mass is 291 g/mol. The summed E-state index contributed by atoms with van der Waals surface area (Å²) in [5.74, 6) is -0.988. The van der Waals surface area contributed by atoms with Gasteiger partial charge in [0.15, 0.2) is 0 Å². The zero-order valence-corrected chi connectivity index (χ0v) is 12.5. The Morgan fingerprint density at radius 1 is 1.43 bits per heavy atom. The van der Waals surface area contributed by atoms with Gasteiger partial charge in [-0.1, -0.05) is 0 Å². The van der Waals surface area contributed by atoms with Gasteiger partial charge in [-0.2, -0.15) is 0 Å². The average Bonchev–Trinajstić information content (AvgIpc) is 2.48. The van der Waals surface area contributed by atoms with E-state index in [9.17, 15) is 9.59 Å². The third-order valence-corrected chi connectivity index (χ3v) is 3.96. The summed E-state index contributed by atoms with van der Waals surface area (Å²) in [4.78, 5) is 31.4. The Bertz CT molecular complexity index is 525. The van der Waals surface area contributed by atoms with E-state index in [2.05, 4.69) is 16.9 Å². The van der Waals surface area contributed by atoms with E-state index in [-0.39, 0.29) is 17.2 Å². The Labute approximate surface area is 124 Å². The van der Waals surface area contributed by atoms with E-state index >= 15 is 0 Å². The lowest BCUT2D eigenvalue weighted by Gasteiger charge is -2.31. The first-order chi connectivity index (χ1) is 9.99. The standard InChI is InChI=1S/C15H21N3O3/c1-17-8-5-11(6-9-17)10-18(2)14(19)13-12(15(20)21)4-3-7-16-13/h3-4,7,11H,5-6,8-10H2,1-2H3,(H,20,21). The number of piperidine rings is 1. The molecule has 2 heterocycles. The van der Waals surface area contributed by atoms with Crippen LogP contribution in [0, 0.1) is 5.92 Å². The van der Waals surface area contributed by atoms with Crippen molar-refractivity contribution in [2.45, 2.75) is 12.8 Å². The van der Waals surface area contributed by atoms with Crippen molar-refractivity contribution in [2.24, 2.45) is 5.92 Å². The lowest BCUT2D eigenvalue weighted by Crippen LogP contribution is -2.38. The number of carbonyl (C=O) groups excluding carboxylic acids is 1. The van der Waals surface area contributed by atoms with Crippen LogP contribution in [0.1, 0.15) is 33.7 Å². The Hall–Kier alpha value is -1.95. The topological polar surface area (TPSA) is 73.7 Å². The summed E-state index contributed by atoms with van der Waals surface area (Å²) in [6, 6.07) is 2.93. The number of nitrogens with zero attached hydrogens (tertiary/aromatic N) is 3. The molecule has 1 fully saturated rings. The third kappa shape index (κ3) is 3.78. The fourth-order valence-electron chi connectivity index (χ4n) is 2.64. The number of likely N-dealkylation sites (tertiary alicyclic amines) is 1. The quantitative estimate of drug-likeness (QED) is 0.902. The molecule has 0 atom stereocenters. The molecular formula is C15H21N3O3. The van der Waals surface area contributed by atoms with Gasteiger partial charge < -0.3 is 14.9 Å². The van der Waals surface area contributed by atoms with Gasteiger partial charge in [-0.15, -0.1) is 0 Å². The maximum atomic E-state index is 12.4. The van der Waals surface area contributed by atoms with E-state index in [1.54, 1.807) is 11.9 Å². The van der Waals surface area contributed by atoms with Gasteiger partial charge in [0, 0.05) is 19.8 Å². The first-order valence-corrected chi connectivity index (χ1v) is 7.11. The van der Waals surface area contributed by atoms with Crippen LogP contribution in [0.3, 0.4) is 0 Å². The highest BCUT2D eigenvalue weighted by Gasteiger charge is 2.24. The summed E-state index contributed by atoms with van der Waals surface area (Å²) in [6.45, 7) is 2.72. The molecule has 0 radical (unpaired) electrons. The number of aromatic nitrogens is 1. The van der Waals surface area contributed by atoms with Crippen molar-refractivity contribution in [3.05, 3.63) is 29.6 Å². The summed E-state index contributed by atoms with van der Waals surface area (Å²) >= 11 is 0. The highest BCUT2D eigenvalue weighted by molar-refractivity contribution is 6.03. The van der Waals surface area contributed by atoms with Gasteiger partial charge in [-0.25, -0.2) is 4.79 Å². The number of pyridine rings is 1. The predicted octanol–water partition coefficient (Wildman–Crippen LogP) is 1.19. The van der Waals surface area contributed by atoms with Crippen molar-refractivity contribution in [1.29, 1.82) is 0 Å². The number of amides is 1. The molecule has 1 aliphatic heterocycles. The van der Waals surface area contributed by atoms with Crippen molar-refractivity contribution in [2.75, 3.05) is 33.7 Å². The SMILES string of the molecule is CN1CCC(CN(C)C(=O)c2ncccc2C(=O)O)CC1. The smallest absolute Gasteiger partial charge is 0.338 e. The first kappa shape index (κ1) is 15.4. The Kier molecular flexibility index (Phi) is 4.90. The van der Waals surface area contributed by atoms with E-state index in [1.165, 1.54) is 18.3 Å². The van der Waals surface area contributed by atoms with Crippen molar-refractivity contribution in [3.63, 3.8) is 0 Å². The fourth-order valence-corrected chi connectivity index (χ4v) is 2.64. The van der Waals surface area contributed by atoms with Gasteiger partial charge in [0.2, 0.25) is 0 Å². The third-order valence-electron chi connectivity index (χ3n) is 3.96. The molecule has 0 bridgehead atoms. The number of rotatable bonds is 4. The van der Waals surface area contributed by atoms with Crippen LogP contribution in [0.5, 0.6) is 0 Å². The molecule has 114 valence electrons. The van der Waals surface area contributed by atoms with E-state index in [0.717, 1.165) is 25.9 Å². The molecule has 0 saturated carbocycles. The van der Waals surface area contributed by atoms with Gasteiger partial charge in [-0.05, 0) is 51.0 Å². The minimum atomic E-state index is -1.13. The van der Waals surface area contributed by atoms with Crippen molar-refractivity contribution < 1.29 is 14.7 Å². The van der Waals surface area contributed by atoms with Crippen LogP contribution in [-0.2, 0) is 0 Å². The van der Waals surface area contributed by atoms with E-state index in [4.69, 9.17) is 5.11 Å². The van der Waals surface area contributed by atoms with Crippen LogP contribution >= 0.6 is 0 Å². The Morgan fingerprint density at radius 3 is 2.71 bits per heavy atom. The first-order valence-electron chi connectivity index (χ1n) is 7.11. The zero-order chi connectivity index (χ0) is 15.4. The molecule has 1 amide bonds. The number of carbonyl (C=O) groups is 2. The predicted molar refractivity (Wildman–Crippen MR) is 78.4 cm³/mol. The molecule has 1 aromatic heterocycles. The maximum absolute atomic E-state index is 12.4. The van der Waals surface area contributed by atoms with Gasteiger partial charge in [0.05, 0.1) is 5.56 Å². The van der Waals surface area contributed by atoms with E-state index < -0.39 is 5.97 Å². The number of hydrogen-bond acceptors (Lipinski definition) is 4. The van der Waals surface area contributed by atoms with Crippen molar-refractivity contribution >= 4 is 11.9 Å². The molecule has 0 unspecified atom stereocenters. The number of carboxylic acid groups (broad SMARTS) is 1. The molecule has 1 aliphatic rings. The molecule has 1 N–H and O–H groups in total. The Morgan fingerprint density at radius 2 is 2.10 bits per heavy atom. The molecule has 2 rings (SSSR count). The average molecular weight is 291 g/mol. The number of hydrogen-bond donors (Lipinski definition) is 1. The number of aromatic carboxylic acids is 1. The molecular weight excluding hydrogens is 270 g/mol. The highest BCUT2D eigenvalue weighted by Crippen LogP contribution is 2.18. The maximum Gasteiger partial charge on any atom is 0.338 e. The van der Waals surface area contributed by atoms with Crippen LogP contribution in [0.25, 0.3) is 0 Å². The van der Waals surface area contributed by atoms with Gasteiger partial charge in [0.25, 0.3) is 5.91 Å². The summed E-state index contributed by atoms with van der Waals surface area (Å²) in [7, 11) is 3.80. The summed E-state index contributed by atoms with van der Waals surface area (Å²) in [5, 5.41) is 9.13. The summed E-state index contributed by atoms with van der Waals surface area (Å²) in [5.41, 5.74) is -0.0295. The molecule has 1 aromatic rings. The normalized spacial score (nSPS) is 16.7. The van der Waals surface area contributed by atoms with E-state index in [1.807, 2.05) is 0 Å². The van der Waals surface area contributed by atoms with Crippen LogP contribution < -0.4 is 0 Å². The number of carboxylic acids is 1. The minimum absolute atomic E-state index is 0.0143. The van der Waals surface area contributed by atoms with Crippen molar-refractivity contribution in [3.8, 4) is 0 Å². The molecule has 0 aromatic carbocycles. The molecule has 6 heteroatoms. The van der Waals surface area contributed by atoms with Crippen molar-refractivity contribution in [1.82, 2.24) is 14.8 Å². The molecule has 21 heavy (non-hydrogen) atoms. The van der Waals surface area contributed by atoms with Crippen LogP contribution in [0.4, 0.5) is 0 Å². The lowest BCUT2D eigenvalue weighted by molar-refractivity contribution is 0.0670. The van der Waals surface area contributed by atoms with Crippen LogP contribution in [0.2, 0.25) is 0 Å². The van der Waals surface area contributed by atoms with Crippen LogP contribution in [-0.4, -0.2) is 65.5 Å². The summed E-state index contributed by atoms with van der Waals surface area (Å²) in [6.07, 6.45) is 3.56. The van der Waals surface area contributed by atoms with Gasteiger partial charge in [0.1, 0.15) is 5.69 Å². The molecule has 0 spiro atoms. The van der Waals surface area contributed by atoms with Crippen LogP contribution in [0.15, 0.2) is 18.3 Å². The van der Waals surface area contributed by atoms with E-state index in [0.29, 0.717) is 12.5 Å². The lowest BCUT2D eigenvalue weighted by atomic mass is 9.96. The molecule has 0 aliphatic carbocycles. The second kappa shape index (κ2) is 6.67. The summed E-state index contributed by atoms with van der Waals surface area (Å²) < 4.78 is 0. The van der Waals surface area contributed by atoms with Gasteiger partial charge in [-0.3, -0.25) is 9.78 Å². The zero-order valence-electron chi connectivity index (χ0n) is 12.5. The molecule has 6 nitrogen and oxygen atoms in total. The second-order valence-electron chi connectivity index (χ2n) is 5.64. The molecule has 1 saturated heterocycles. The van der Waals surface area contributed by atoms with Gasteiger partial charge >= 0.3 is 5.97 Å². The largest absolute Gasteiger partial charge is 0.478 e. The Balaban J connectivity index is 2.04. The highest BCUT2D eigenvalue weighted by atomic mass is 16.4. The minimum Gasteiger partial charge on any atom is -0.478 e. The second-order valence-corrected chi connectivity index (χ2v) is 5.64.